The topological polar surface area (TPSA) is 8.17 Å². The summed E-state index contributed by atoms with van der Waals surface area (Å²) in [4.78, 5) is 2.74. The zero-order chi connectivity index (χ0) is 19.8. The molecule has 1 aromatic heterocycles. The Morgan fingerprint density at radius 2 is 1.21 bits per heavy atom. The Morgan fingerprint density at radius 3 is 1.72 bits per heavy atom. The molecular formula is C25H26Cl2N2. The highest BCUT2D eigenvalue weighted by molar-refractivity contribution is 6.32. The SMILES string of the molecule is Clc1ccccc1C(c1ccccc1Cl)N1C2CCCC1CC(n1cccc1)C2. The molecule has 2 aliphatic heterocycles. The van der Waals surface area contributed by atoms with Gasteiger partial charge in [-0.1, -0.05) is 66.0 Å². The number of piperidine rings is 2. The first-order chi connectivity index (χ1) is 14.2. The Hall–Kier alpha value is -1.74. The van der Waals surface area contributed by atoms with Gasteiger partial charge in [0.15, 0.2) is 0 Å². The molecule has 2 saturated heterocycles. The molecule has 2 bridgehead atoms. The highest BCUT2D eigenvalue weighted by Crippen LogP contribution is 2.47. The molecule has 2 unspecified atom stereocenters. The summed E-state index contributed by atoms with van der Waals surface area (Å²) in [6.45, 7) is 0. The fourth-order valence-corrected chi connectivity index (χ4v) is 6.01. The maximum Gasteiger partial charge on any atom is 0.0636 e. The standard InChI is InChI=1S/C25H26Cl2N2/c26-23-12-3-1-10-21(23)25(22-11-2-4-13-24(22)27)29-18-8-7-9-19(29)17-20(16-18)28-14-5-6-15-28/h1-6,10-15,18-20,25H,7-9,16-17H2. The lowest BCUT2D eigenvalue weighted by molar-refractivity contribution is -0.00658. The van der Waals surface area contributed by atoms with Crippen LogP contribution in [0.2, 0.25) is 10.0 Å². The van der Waals surface area contributed by atoms with Crippen molar-refractivity contribution in [2.24, 2.45) is 0 Å². The van der Waals surface area contributed by atoms with E-state index in [0.717, 1.165) is 10.0 Å². The fraction of sp³-hybridized carbons (Fsp3) is 0.360. The average Bonchev–Trinajstić information content (AvgIpc) is 3.25. The molecule has 0 aliphatic carbocycles. The molecule has 0 saturated carbocycles. The number of hydrogen-bond acceptors (Lipinski definition) is 1. The van der Waals surface area contributed by atoms with Gasteiger partial charge in [-0.15, -0.1) is 0 Å². The third kappa shape index (κ3) is 3.63. The van der Waals surface area contributed by atoms with Gasteiger partial charge in [0.25, 0.3) is 0 Å². The van der Waals surface area contributed by atoms with E-state index in [4.69, 9.17) is 23.2 Å². The molecular weight excluding hydrogens is 399 g/mol. The van der Waals surface area contributed by atoms with E-state index in [1.165, 1.54) is 43.2 Å². The third-order valence-electron chi connectivity index (χ3n) is 6.75. The number of halogens is 2. The van der Waals surface area contributed by atoms with Gasteiger partial charge in [0.2, 0.25) is 0 Å². The quantitative estimate of drug-likeness (QED) is 0.431. The van der Waals surface area contributed by atoms with Crippen molar-refractivity contribution in [1.82, 2.24) is 9.47 Å². The summed E-state index contributed by atoms with van der Waals surface area (Å²) in [5.74, 6) is 0. The minimum Gasteiger partial charge on any atom is -0.351 e. The second-order valence-electron chi connectivity index (χ2n) is 8.39. The molecule has 2 nitrogen and oxygen atoms in total. The molecule has 0 amide bonds. The number of benzene rings is 2. The van der Waals surface area contributed by atoms with Crippen LogP contribution >= 0.6 is 23.2 Å². The minimum absolute atomic E-state index is 0.0957. The second-order valence-corrected chi connectivity index (χ2v) is 9.20. The Labute approximate surface area is 183 Å². The maximum absolute atomic E-state index is 6.73. The lowest BCUT2D eigenvalue weighted by Gasteiger charge is -2.53. The number of aromatic nitrogens is 1. The second kappa shape index (κ2) is 8.18. The molecule has 2 aliphatic rings. The van der Waals surface area contributed by atoms with Gasteiger partial charge in [-0.2, -0.15) is 0 Å². The third-order valence-corrected chi connectivity index (χ3v) is 7.44. The average molecular weight is 425 g/mol. The molecule has 5 rings (SSSR count). The van der Waals surface area contributed by atoms with Gasteiger partial charge in [-0.05, 0) is 61.1 Å². The number of nitrogens with zero attached hydrogens (tertiary/aromatic N) is 2. The van der Waals surface area contributed by atoms with Gasteiger partial charge < -0.3 is 4.57 Å². The van der Waals surface area contributed by atoms with Gasteiger partial charge in [0.1, 0.15) is 0 Å². The highest BCUT2D eigenvalue weighted by Gasteiger charge is 2.43. The minimum atomic E-state index is 0.0957. The molecule has 3 heterocycles. The Balaban J connectivity index is 1.58. The molecule has 3 aromatic rings. The molecule has 0 spiro atoms. The van der Waals surface area contributed by atoms with Crippen LogP contribution in [0.15, 0.2) is 73.1 Å². The first kappa shape index (κ1) is 19.2. The number of fused-ring (bicyclic) bond motifs is 2. The summed E-state index contributed by atoms with van der Waals surface area (Å²) in [6, 6.07) is 22.6. The Kier molecular flexibility index (Phi) is 5.43. The lowest BCUT2D eigenvalue weighted by Crippen LogP contribution is -2.53. The van der Waals surface area contributed by atoms with Crippen LogP contribution in [-0.4, -0.2) is 21.6 Å². The van der Waals surface area contributed by atoms with Crippen LogP contribution in [0.1, 0.15) is 55.3 Å². The molecule has 0 radical (unpaired) electrons. The van der Waals surface area contributed by atoms with Crippen molar-refractivity contribution in [2.45, 2.75) is 56.3 Å². The fourth-order valence-electron chi connectivity index (χ4n) is 5.53. The van der Waals surface area contributed by atoms with E-state index >= 15 is 0 Å². The Morgan fingerprint density at radius 1 is 0.690 bits per heavy atom. The van der Waals surface area contributed by atoms with Crippen LogP contribution in [0.3, 0.4) is 0 Å². The van der Waals surface area contributed by atoms with E-state index in [1.54, 1.807) is 0 Å². The molecule has 2 fully saturated rings. The van der Waals surface area contributed by atoms with Crippen LogP contribution in [0, 0.1) is 0 Å². The Bertz CT molecular complexity index is 909. The van der Waals surface area contributed by atoms with E-state index < -0.39 is 0 Å². The van der Waals surface area contributed by atoms with Crippen LogP contribution in [0.4, 0.5) is 0 Å². The van der Waals surface area contributed by atoms with Crippen LogP contribution in [-0.2, 0) is 0 Å². The summed E-state index contributed by atoms with van der Waals surface area (Å²) in [6.07, 6.45) is 10.6. The van der Waals surface area contributed by atoms with Crippen molar-refractivity contribution in [3.05, 3.63) is 94.2 Å². The zero-order valence-corrected chi connectivity index (χ0v) is 17.9. The largest absolute Gasteiger partial charge is 0.351 e. The van der Waals surface area contributed by atoms with Crippen molar-refractivity contribution in [3.8, 4) is 0 Å². The van der Waals surface area contributed by atoms with Crippen molar-refractivity contribution in [2.75, 3.05) is 0 Å². The normalized spacial score (nSPS) is 24.7. The van der Waals surface area contributed by atoms with E-state index in [0.29, 0.717) is 18.1 Å². The van der Waals surface area contributed by atoms with Gasteiger partial charge in [0, 0.05) is 40.6 Å². The summed E-state index contributed by atoms with van der Waals surface area (Å²) >= 11 is 13.5. The van der Waals surface area contributed by atoms with E-state index in [2.05, 4.69) is 58.3 Å². The van der Waals surface area contributed by atoms with Crippen molar-refractivity contribution >= 4 is 23.2 Å². The van der Waals surface area contributed by atoms with Crippen molar-refractivity contribution in [3.63, 3.8) is 0 Å². The molecule has 29 heavy (non-hydrogen) atoms. The number of rotatable bonds is 4. The van der Waals surface area contributed by atoms with Crippen molar-refractivity contribution < 1.29 is 0 Å². The van der Waals surface area contributed by atoms with Crippen LogP contribution in [0.25, 0.3) is 0 Å². The van der Waals surface area contributed by atoms with Gasteiger partial charge in [-0.3, -0.25) is 4.90 Å². The first-order valence-corrected chi connectivity index (χ1v) is 11.4. The van der Waals surface area contributed by atoms with E-state index in [1.807, 2.05) is 24.3 Å². The van der Waals surface area contributed by atoms with Crippen molar-refractivity contribution in [1.29, 1.82) is 0 Å². The summed E-state index contributed by atoms with van der Waals surface area (Å²) in [5, 5.41) is 1.64. The smallest absolute Gasteiger partial charge is 0.0636 e. The number of hydrogen-bond donors (Lipinski definition) is 0. The lowest BCUT2D eigenvalue weighted by atomic mass is 9.78. The highest BCUT2D eigenvalue weighted by atomic mass is 35.5. The van der Waals surface area contributed by atoms with Crippen LogP contribution < -0.4 is 0 Å². The molecule has 150 valence electrons. The summed E-state index contributed by atoms with van der Waals surface area (Å²) < 4.78 is 2.41. The molecule has 2 aromatic carbocycles. The predicted octanol–water partition coefficient (Wildman–Crippen LogP) is 7.14. The monoisotopic (exact) mass is 424 g/mol. The van der Waals surface area contributed by atoms with E-state index in [-0.39, 0.29) is 6.04 Å². The predicted molar refractivity (Wildman–Crippen MR) is 121 cm³/mol. The van der Waals surface area contributed by atoms with Gasteiger partial charge in [0.05, 0.1) is 6.04 Å². The maximum atomic E-state index is 6.73. The summed E-state index contributed by atoms with van der Waals surface area (Å²) in [7, 11) is 0. The zero-order valence-electron chi connectivity index (χ0n) is 16.4. The van der Waals surface area contributed by atoms with Gasteiger partial charge in [-0.25, -0.2) is 0 Å². The molecule has 0 N–H and O–H groups in total. The summed E-state index contributed by atoms with van der Waals surface area (Å²) in [5.41, 5.74) is 2.33. The van der Waals surface area contributed by atoms with Crippen LogP contribution in [0.5, 0.6) is 0 Å². The van der Waals surface area contributed by atoms with E-state index in [9.17, 15) is 0 Å². The first-order valence-electron chi connectivity index (χ1n) is 10.6. The van der Waals surface area contributed by atoms with Gasteiger partial charge >= 0.3 is 0 Å². The molecule has 4 heteroatoms. The molecule has 2 atom stereocenters.